The number of hydrogen-bond acceptors (Lipinski definition) is 4. The second-order valence-electron chi connectivity index (χ2n) is 5.96. The van der Waals surface area contributed by atoms with Crippen LogP contribution in [0, 0.1) is 6.92 Å². The summed E-state index contributed by atoms with van der Waals surface area (Å²) in [5.74, 6) is 0.568. The lowest BCUT2D eigenvalue weighted by atomic mass is 10.0. The van der Waals surface area contributed by atoms with Gasteiger partial charge in [0.15, 0.2) is 0 Å². The van der Waals surface area contributed by atoms with Crippen molar-refractivity contribution in [1.29, 1.82) is 0 Å². The fraction of sp³-hybridized carbons (Fsp3) is 0.200. The van der Waals surface area contributed by atoms with Crippen LogP contribution in [0.5, 0.6) is 5.75 Å². The van der Waals surface area contributed by atoms with Gasteiger partial charge in [0.05, 0.1) is 0 Å². The summed E-state index contributed by atoms with van der Waals surface area (Å²) in [4.78, 5) is 14.9. The summed E-state index contributed by atoms with van der Waals surface area (Å²) in [6.07, 6.45) is 0. The summed E-state index contributed by atoms with van der Waals surface area (Å²) in [6, 6.07) is 14.5. The monoisotopic (exact) mass is 414 g/mol. The van der Waals surface area contributed by atoms with Gasteiger partial charge in [-0.25, -0.2) is 0 Å². The van der Waals surface area contributed by atoms with Gasteiger partial charge in [-0.3, -0.25) is 4.79 Å². The molecule has 1 heterocycles. The molecule has 3 aromatic rings. The number of halogens is 1. The van der Waals surface area contributed by atoms with Crippen molar-refractivity contribution in [3.63, 3.8) is 0 Å². The van der Waals surface area contributed by atoms with Crippen LogP contribution in [0.4, 0.5) is 0 Å². The molecule has 134 valence electrons. The second-order valence-corrected chi connectivity index (χ2v) is 6.87. The third-order valence-electron chi connectivity index (χ3n) is 4.15. The van der Waals surface area contributed by atoms with Gasteiger partial charge in [-0.1, -0.05) is 45.4 Å². The first-order valence-electron chi connectivity index (χ1n) is 8.29. The van der Waals surface area contributed by atoms with E-state index in [1.807, 2.05) is 31.2 Å². The maximum Gasteiger partial charge on any atom is 0.260 e. The van der Waals surface area contributed by atoms with E-state index in [-0.39, 0.29) is 11.7 Å². The number of hydrogen-bond donors (Lipinski definition) is 1. The predicted octanol–water partition coefficient (Wildman–Crippen LogP) is 4.78. The largest absolute Gasteiger partial charge is 0.508 e. The predicted molar refractivity (Wildman–Crippen MR) is 103 cm³/mol. The van der Waals surface area contributed by atoms with E-state index in [0.717, 1.165) is 15.6 Å². The Labute approximate surface area is 160 Å². The van der Waals surface area contributed by atoms with Gasteiger partial charge < -0.3 is 14.5 Å². The average Bonchev–Trinajstić information content (AvgIpc) is 3.02. The minimum absolute atomic E-state index is 0.130. The Morgan fingerprint density at radius 1 is 1.23 bits per heavy atom. The number of benzene rings is 2. The number of carbonyl (C=O) groups is 1. The zero-order valence-corrected chi connectivity index (χ0v) is 16.2. The van der Waals surface area contributed by atoms with E-state index in [0.29, 0.717) is 30.1 Å². The fourth-order valence-electron chi connectivity index (χ4n) is 2.76. The molecule has 0 fully saturated rings. The molecular formula is C20H19BrN2O3. The standard InChI is InChI=1S/C20H19BrN2O3/c1-3-23(12-14-7-9-17(24)10-8-14)20(25)18-13(2)26-22-19(18)15-5-4-6-16(21)11-15/h4-11,24H,3,12H2,1-2H3. The number of aryl methyl sites for hydroxylation is 1. The molecule has 0 atom stereocenters. The summed E-state index contributed by atoms with van der Waals surface area (Å²) in [6.45, 7) is 4.66. The van der Waals surface area contributed by atoms with Gasteiger partial charge in [0, 0.05) is 23.1 Å². The summed E-state index contributed by atoms with van der Waals surface area (Å²) >= 11 is 3.45. The van der Waals surface area contributed by atoms with Gasteiger partial charge in [-0.2, -0.15) is 0 Å². The van der Waals surface area contributed by atoms with Gasteiger partial charge in [0.1, 0.15) is 22.8 Å². The van der Waals surface area contributed by atoms with Crippen LogP contribution in [0.15, 0.2) is 57.5 Å². The lowest BCUT2D eigenvalue weighted by Crippen LogP contribution is -2.30. The number of carbonyl (C=O) groups excluding carboxylic acids is 1. The molecule has 0 spiro atoms. The van der Waals surface area contributed by atoms with Crippen molar-refractivity contribution in [2.45, 2.75) is 20.4 Å². The molecule has 26 heavy (non-hydrogen) atoms. The highest BCUT2D eigenvalue weighted by molar-refractivity contribution is 9.10. The molecule has 0 radical (unpaired) electrons. The summed E-state index contributed by atoms with van der Waals surface area (Å²) < 4.78 is 6.23. The van der Waals surface area contributed by atoms with Crippen LogP contribution in [0.2, 0.25) is 0 Å². The smallest absolute Gasteiger partial charge is 0.260 e. The van der Waals surface area contributed by atoms with Crippen molar-refractivity contribution < 1.29 is 14.4 Å². The van der Waals surface area contributed by atoms with E-state index in [1.165, 1.54) is 0 Å². The van der Waals surface area contributed by atoms with E-state index in [1.54, 1.807) is 36.1 Å². The number of phenols is 1. The van der Waals surface area contributed by atoms with E-state index in [2.05, 4.69) is 21.1 Å². The van der Waals surface area contributed by atoms with E-state index < -0.39 is 0 Å². The lowest BCUT2D eigenvalue weighted by molar-refractivity contribution is 0.0751. The topological polar surface area (TPSA) is 66.6 Å². The Kier molecular flexibility index (Phi) is 5.42. The zero-order chi connectivity index (χ0) is 18.7. The molecule has 0 aliphatic rings. The Morgan fingerprint density at radius 3 is 2.62 bits per heavy atom. The first-order valence-corrected chi connectivity index (χ1v) is 9.08. The Hall–Kier alpha value is -2.60. The lowest BCUT2D eigenvalue weighted by Gasteiger charge is -2.21. The third-order valence-corrected chi connectivity index (χ3v) is 4.65. The highest BCUT2D eigenvalue weighted by Gasteiger charge is 2.25. The molecule has 0 saturated heterocycles. The molecule has 6 heteroatoms. The van der Waals surface area contributed by atoms with Crippen LogP contribution >= 0.6 is 15.9 Å². The van der Waals surface area contributed by atoms with Gasteiger partial charge in [0.2, 0.25) is 0 Å². The van der Waals surface area contributed by atoms with Crippen LogP contribution in [-0.4, -0.2) is 27.6 Å². The van der Waals surface area contributed by atoms with Crippen LogP contribution < -0.4 is 0 Å². The van der Waals surface area contributed by atoms with Gasteiger partial charge in [0.25, 0.3) is 5.91 Å². The number of rotatable bonds is 5. The first kappa shape index (κ1) is 18.2. The number of phenolic OH excluding ortho intramolecular Hbond substituents is 1. The van der Waals surface area contributed by atoms with Crippen LogP contribution in [-0.2, 0) is 6.54 Å². The molecule has 0 aliphatic heterocycles. The van der Waals surface area contributed by atoms with Crippen molar-refractivity contribution in [1.82, 2.24) is 10.1 Å². The number of aromatic hydroxyl groups is 1. The van der Waals surface area contributed by atoms with Gasteiger partial charge >= 0.3 is 0 Å². The van der Waals surface area contributed by atoms with Crippen molar-refractivity contribution in [3.8, 4) is 17.0 Å². The normalized spacial score (nSPS) is 10.7. The molecule has 2 aromatic carbocycles. The van der Waals surface area contributed by atoms with Crippen LogP contribution in [0.3, 0.4) is 0 Å². The Bertz CT molecular complexity index is 919. The molecule has 5 nitrogen and oxygen atoms in total. The highest BCUT2D eigenvalue weighted by atomic mass is 79.9. The van der Waals surface area contributed by atoms with E-state index in [4.69, 9.17) is 4.52 Å². The molecule has 0 aliphatic carbocycles. The van der Waals surface area contributed by atoms with Gasteiger partial charge in [-0.15, -0.1) is 0 Å². The van der Waals surface area contributed by atoms with Crippen molar-refractivity contribution in [2.24, 2.45) is 0 Å². The quantitative estimate of drug-likeness (QED) is 0.651. The van der Waals surface area contributed by atoms with Crippen LogP contribution in [0.1, 0.15) is 28.6 Å². The minimum Gasteiger partial charge on any atom is -0.508 e. The van der Waals surface area contributed by atoms with Crippen molar-refractivity contribution in [2.75, 3.05) is 6.54 Å². The highest BCUT2D eigenvalue weighted by Crippen LogP contribution is 2.29. The van der Waals surface area contributed by atoms with Gasteiger partial charge in [-0.05, 0) is 43.7 Å². The minimum atomic E-state index is -0.130. The maximum atomic E-state index is 13.2. The first-order chi connectivity index (χ1) is 12.5. The second kappa shape index (κ2) is 7.74. The third kappa shape index (κ3) is 3.80. The molecule has 0 bridgehead atoms. The van der Waals surface area contributed by atoms with Crippen molar-refractivity contribution >= 4 is 21.8 Å². The molecule has 1 N–H and O–H groups in total. The van der Waals surface area contributed by atoms with E-state index >= 15 is 0 Å². The molecule has 1 aromatic heterocycles. The summed E-state index contributed by atoms with van der Waals surface area (Å²) in [7, 11) is 0. The molecular weight excluding hydrogens is 396 g/mol. The number of amides is 1. The Balaban J connectivity index is 1.93. The average molecular weight is 415 g/mol. The zero-order valence-electron chi connectivity index (χ0n) is 14.6. The Morgan fingerprint density at radius 2 is 1.96 bits per heavy atom. The fourth-order valence-corrected chi connectivity index (χ4v) is 3.16. The summed E-state index contributed by atoms with van der Waals surface area (Å²) in [5.41, 5.74) is 2.78. The SMILES string of the molecule is CCN(Cc1ccc(O)cc1)C(=O)c1c(-c2cccc(Br)c2)noc1C. The number of nitrogens with zero attached hydrogens (tertiary/aromatic N) is 2. The van der Waals surface area contributed by atoms with Crippen LogP contribution in [0.25, 0.3) is 11.3 Å². The maximum absolute atomic E-state index is 13.2. The number of aromatic nitrogens is 1. The van der Waals surface area contributed by atoms with E-state index in [9.17, 15) is 9.90 Å². The molecule has 1 amide bonds. The summed E-state index contributed by atoms with van der Waals surface area (Å²) in [5, 5.41) is 13.5. The molecule has 3 rings (SSSR count). The molecule has 0 unspecified atom stereocenters. The molecule has 0 saturated carbocycles. The van der Waals surface area contributed by atoms with Crippen molar-refractivity contribution in [3.05, 3.63) is 69.9 Å².